The van der Waals surface area contributed by atoms with E-state index in [4.69, 9.17) is 11.6 Å². The average molecular weight is 279 g/mol. The highest BCUT2D eigenvalue weighted by Gasteiger charge is 2.33. The number of hydrogen-bond donors (Lipinski definition) is 0. The summed E-state index contributed by atoms with van der Waals surface area (Å²) in [4.78, 5) is 11.2. The Kier molecular flexibility index (Phi) is 2.94. The number of carbonyl (C=O) groups is 1. The van der Waals surface area contributed by atoms with Crippen LogP contribution in [-0.4, -0.2) is 5.91 Å². The van der Waals surface area contributed by atoms with Gasteiger partial charge >= 0.3 is 6.18 Å². The molecule has 1 amide bonds. The highest BCUT2D eigenvalue weighted by Crippen LogP contribution is 2.36. The molecule has 0 bridgehead atoms. The first-order valence-corrected chi connectivity index (χ1v) is 4.90. The lowest BCUT2D eigenvalue weighted by Crippen LogP contribution is -2.08. The van der Waals surface area contributed by atoms with Crippen molar-refractivity contribution in [2.24, 2.45) is 10.2 Å². The Balaban J connectivity index is 2.61. The number of benzene rings is 1. The van der Waals surface area contributed by atoms with Crippen molar-refractivity contribution in [3.8, 4) is 0 Å². The van der Waals surface area contributed by atoms with Crippen molar-refractivity contribution in [1.82, 2.24) is 0 Å². The SMILES string of the molecule is O=C1N=NC=C1c1cc(C(F)(F)F)cc(Cl)c1F. The summed E-state index contributed by atoms with van der Waals surface area (Å²) >= 11 is 5.38. The number of azo groups is 1. The molecule has 1 heterocycles. The second-order valence-corrected chi connectivity index (χ2v) is 3.79. The van der Waals surface area contributed by atoms with Gasteiger partial charge in [-0.3, -0.25) is 4.79 Å². The van der Waals surface area contributed by atoms with Crippen LogP contribution in [0.4, 0.5) is 17.6 Å². The van der Waals surface area contributed by atoms with Gasteiger partial charge in [-0.1, -0.05) is 11.6 Å². The van der Waals surface area contributed by atoms with Crippen LogP contribution in [0, 0.1) is 5.82 Å². The van der Waals surface area contributed by atoms with Gasteiger partial charge in [0.05, 0.1) is 22.4 Å². The summed E-state index contributed by atoms with van der Waals surface area (Å²) in [6.07, 6.45) is -3.81. The number of alkyl halides is 3. The normalized spacial score (nSPS) is 15.2. The molecule has 1 aliphatic heterocycles. The largest absolute Gasteiger partial charge is 0.416 e. The van der Waals surface area contributed by atoms with Crippen LogP contribution >= 0.6 is 11.6 Å². The van der Waals surface area contributed by atoms with Crippen LogP contribution < -0.4 is 0 Å². The van der Waals surface area contributed by atoms with Crippen LogP contribution in [0.2, 0.25) is 5.02 Å². The van der Waals surface area contributed by atoms with Crippen molar-refractivity contribution in [3.05, 3.63) is 40.3 Å². The molecule has 0 radical (unpaired) electrons. The van der Waals surface area contributed by atoms with Gasteiger partial charge in [-0.05, 0) is 12.1 Å². The van der Waals surface area contributed by atoms with Crippen LogP contribution in [0.15, 0.2) is 28.6 Å². The Labute approximate surface area is 103 Å². The number of hydrogen-bond acceptors (Lipinski definition) is 2. The van der Waals surface area contributed by atoms with E-state index < -0.39 is 34.1 Å². The van der Waals surface area contributed by atoms with E-state index in [2.05, 4.69) is 10.2 Å². The Morgan fingerprint density at radius 1 is 1.22 bits per heavy atom. The number of halogens is 5. The molecule has 0 saturated heterocycles. The quantitative estimate of drug-likeness (QED) is 0.720. The zero-order valence-corrected chi connectivity index (χ0v) is 9.18. The Morgan fingerprint density at radius 2 is 1.89 bits per heavy atom. The van der Waals surface area contributed by atoms with Gasteiger partial charge in [0.15, 0.2) is 0 Å². The second kappa shape index (κ2) is 4.16. The standard InChI is InChI=1S/C10H3ClF4N2O/c11-7-2-4(10(13,14)15)1-5(8(7)12)6-3-16-17-9(6)18/h1-3H. The maximum atomic E-state index is 13.6. The minimum atomic E-state index is -4.69. The lowest BCUT2D eigenvalue weighted by molar-refractivity contribution is -0.137. The number of carbonyl (C=O) groups excluding carboxylic acids is 1. The van der Waals surface area contributed by atoms with Crippen molar-refractivity contribution < 1.29 is 22.4 Å². The summed E-state index contributed by atoms with van der Waals surface area (Å²) in [6.45, 7) is 0. The van der Waals surface area contributed by atoms with E-state index in [9.17, 15) is 22.4 Å². The third-order valence-electron chi connectivity index (χ3n) is 2.21. The first-order valence-electron chi connectivity index (χ1n) is 4.52. The van der Waals surface area contributed by atoms with Crippen LogP contribution in [0.1, 0.15) is 11.1 Å². The smallest absolute Gasteiger partial charge is 0.265 e. The molecule has 0 aliphatic carbocycles. The topological polar surface area (TPSA) is 41.8 Å². The molecule has 1 aliphatic rings. The Hall–Kier alpha value is -1.76. The van der Waals surface area contributed by atoms with Crippen molar-refractivity contribution in [2.75, 3.05) is 0 Å². The Morgan fingerprint density at radius 3 is 2.39 bits per heavy atom. The van der Waals surface area contributed by atoms with Gasteiger partial charge < -0.3 is 0 Å². The predicted molar refractivity (Wildman–Crippen MR) is 54.3 cm³/mol. The number of amides is 1. The first-order chi connectivity index (χ1) is 8.30. The lowest BCUT2D eigenvalue weighted by Gasteiger charge is -2.10. The Bertz CT molecular complexity index is 592. The molecule has 0 unspecified atom stereocenters. The van der Waals surface area contributed by atoms with Gasteiger partial charge in [0.1, 0.15) is 5.82 Å². The predicted octanol–water partition coefficient (Wildman–Crippen LogP) is 3.83. The molecule has 0 saturated carbocycles. The maximum absolute atomic E-state index is 13.6. The fraction of sp³-hybridized carbons (Fsp3) is 0.100. The fourth-order valence-electron chi connectivity index (χ4n) is 1.38. The van der Waals surface area contributed by atoms with E-state index >= 15 is 0 Å². The molecule has 0 aromatic heterocycles. The number of nitrogens with zero attached hydrogens (tertiary/aromatic N) is 2. The van der Waals surface area contributed by atoms with Crippen LogP contribution in [-0.2, 0) is 11.0 Å². The summed E-state index contributed by atoms with van der Waals surface area (Å²) in [5, 5.41) is 5.54. The maximum Gasteiger partial charge on any atom is 0.416 e. The fourth-order valence-corrected chi connectivity index (χ4v) is 1.60. The molecule has 1 aromatic rings. The zero-order valence-electron chi connectivity index (χ0n) is 8.42. The molecule has 0 atom stereocenters. The third kappa shape index (κ3) is 2.13. The molecule has 0 spiro atoms. The van der Waals surface area contributed by atoms with Crippen LogP contribution in [0.3, 0.4) is 0 Å². The van der Waals surface area contributed by atoms with Gasteiger partial charge in [-0.15, -0.1) is 5.11 Å². The molecule has 2 rings (SSSR count). The molecule has 18 heavy (non-hydrogen) atoms. The molecule has 0 fully saturated rings. The minimum Gasteiger partial charge on any atom is -0.265 e. The molecule has 0 N–H and O–H groups in total. The van der Waals surface area contributed by atoms with E-state index in [1.54, 1.807) is 0 Å². The van der Waals surface area contributed by atoms with Crippen molar-refractivity contribution in [3.63, 3.8) is 0 Å². The monoisotopic (exact) mass is 278 g/mol. The summed E-state index contributed by atoms with van der Waals surface area (Å²) in [5.41, 5.74) is -2.07. The van der Waals surface area contributed by atoms with Crippen molar-refractivity contribution >= 4 is 23.1 Å². The molecule has 94 valence electrons. The summed E-state index contributed by atoms with van der Waals surface area (Å²) in [7, 11) is 0. The van der Waals surface area contributed by atoms with E-state index in [0.717, 1.165) is 6.20 Å². The summed E-state index contributed by atoms with van der Waals surface area (Å²) in [5.74, 6) is -2.03. The van der Waals surface area contributed by atoms with Gasteiger partial charge in [0.25, 0.3) is 5.91 Å². The third-order valence-corrected chi connectivity index (χ3v) is 2.49. The van der Waals surface area contributed by atoms with Gasteiger partial charge in [-0.2, -0.15) is 18.3 Å². The van der Waals surface area contributed by atoms with E-state index in [1.807, 2.05) is 0 Å². The van der Waals surface area contributed by atoms with Crippen LogP contribution in [0.25, 0.3) is 5.57 Å². The van der Waals surface area contributed by atoms with Crippen molar-refractivity contribution in [1.29, 1.82) is 0 Å². The van der Waals surface area contributed by atoms with Gasteiger partial charge in [0, 0.05) is 5.56 Å². The van der Waals surface area contributed by atoms with Crippen LogP contribution in [0.5, 0.6) is 0 Å². The summed E-state index contributed by atoms with van der Waals surface area (Å²) in [6, 6.07) is 0.954. The van der Waals surface area contributed by atoms with E-state index in [-0.39, 0.29) is 5.57 Å². The molecular weight excluding hydrogens is 276 g/mol. The van der Waals surface area contributed by atoms with E-state index in [0.29, 0.717) is 12.1 Å². The van der Waals surface area contributed by atoms with Gasteiger partial charge in [-0.25, -0.2) is 4.39 Å². The molecule has 3 nitrogen and oxygen atoms in total. The minimum absolute atomic E-state index is 0.361. The second-order valence-electron chi connectivity index (χ2n) is 3.38. The highest BCUT2D eigenvalue weighted by molar-refractivity contribution is 6.31. The highest BCUT2D eigenvalue weighted by atomic mass is 35.5. The number of rotatable bonds is 1. The summed E-state index contributed by atoms with van der Waals surface area (Å²) < 4.78 is 51.2. The molecular formula is C10H3ClF4N2O. The first kappa shape index (κ1) is 12.7. The van der Waals surface area contributed by atoms with E-state index in [1.165, 1.54) is 0 Å². The van der Waals surface area contributed by atoms with Crippen molar-refractivity contribution in [2.45, 2.75) is 6.18 Å². The lowest BCUT2D eigenvalue weighted by atomic mass is 10.0. The van der Waals surface area contributed by atoms with Gasteiger partial charge in [0.2, 0.25) is 0 Å². The zero-order chi connectivity index (χ0) is 13.5. The average Bonchev–Trinajstić information content (AvgIpc) is 2.67. The molecule has 1 aromatic carbocycles. The molecule has 8 heteroatoms.